The number of rotatable bonds is 5. The number of aromatic nitrogens is 1. The Kier molecular flexibility index (Phi) is 5.37. The van der Waals surface area contributed by atoms with Crippen molar-refractivity contribution >= 4 is 50.9 Å². The van der Waals surface area contributed by atoms with Crippen LogP contribution < -0.4 is 5.32 Å². The number of esters is 1. The van der Waals surface area contributed by atoms with E-state index in [9.17, 15) is 9.59 Å². The molecule has 28 heavy (non-hydrogen) atoms. The van der Waals surface area contributed by atoms with Crippen molar-refractivity contribution in [3.05, 3.63) is 51.9 Å². The van der Waals surface area contributed by atoms with E-state index in [-0.39, 0.29) is 17.6 Å². The molecule has 4 rings (SSSR count). The van der Waals surface area contributed by atoms with Crippen LogP contribution in [0.15, 0.2) is 35.4 Å². The van der Waals surface area contributed by atoms with Crippen LogP contribution in [0.25, 0.3) is 10.9 Å². The van der Waals surface area contributed by atoms with Crippen molar-refractivity contribution in [3.63, 3.8) is 0 Å². The molecular formula is C21H20N2O3S2. The van der Waals surface area contributed by atoms with Gasteiger partial charge < -0.3 is 10.1 Å². The molecule has 1 N–H and O–H groups in total. The van der Waals surface area contributed by atoms with Gasteiger partial charge in [0.05, 0.1) is 29.0 Å². The quantitative estimate of drug-likeness (QED) is 0.490. The van der Waals surface area contributed by atoms with Gasteiger partial charge in [0, 0.05) is 10.3 Å². The van der Waals surface area contributed by atoms with Gasteiger partial charge >= 0.3 is 5.97 Å². The van der Waals surface area contributed by atoms with E-state index in [1.165, 1.54) is 35.1 Å². The number of carbonyl (C=O) groups excluding carboxylic acids is 2. The average molecular weight is 413 g/mol. The fraction of sp³-hybridized carbons (Fsp3) is 0.286. The van der Waals surface area contributed by atoms with Gasteiger partial charge in [-0.3, -0.25) is 4.79 Å². The Labute approximate surface area is 171 Å². The van der Waals surface area contributed by atoms with Crippen LogP contribution in [0.5, 0.6) is 0 Å². The number of benzene rings is 1. The van der Waals surface area contributed by atoms with E-state index in [0.29, 0.717) is 10.6 Å². The highest BCUT2D eigenvalue weighted by Gasteiger charge is 2.28. The van der Waals surface area contributed by atoms with Gasteiger partial charge in [0.15, 0.2) is 0 Å². The molecule has 1 aliphatic carbocycles. The number of hydrogen-bond acceptors (Lipinski definition) is 6. The number of fused-ring (bicyclic) bond motifs is 2. The molecule has 0 radical (unpaired) electrons. The fourth-order valence-corrected chi connectivity index (χ4v) is 5.57. The van der Waals surface area contributed by atoms with E-state index < -0.39 is 0 Å². The van der Waals surface area contributed by atoms with E-state index in [1.54, 1.807) is 0 Å². The third-order valence-electron chi connectivity index (χ3n) is 4.81. The number of thiophene rings is 1. The highest BCUT2D eigenvalue weighted by atomic mass is 32.2. The second-order valence-corrected chi connectivity index (χ2v) is 8.79. The molecule has 0 unspecified atom stereocenters. The molecule has 0 atom stereocenters. The highest BCUT2D eigenvalue weighted by Crippen LogP contribution is 2.39. The zero-order chi connectivity index (χ0) is 19.7. The zero-order valence-corrected chi connectivity index (χ0v) is 17.3. The lowest BCUT2D eigenvalue weighted by Crippen LogP contribution is -2.16. The van der Waals surface area contributed by atoms with Crippen LogP contribution >= 0.6 is 23.1 Å². The monoisotopic (exact) mass is 412 g/mol. The first-order valence-corrected chi connectivity index (χ1v) is 10.9. The summed E-state index contributed by atoms with van der Waals surface area (Å²) in [5.74, 6) is -0.301. The van der Waals surface area contributed by atoms with Crippen LogP contribution in [0.1, 0.15) is 32.8 Å². The Hall–Kier alpha value is -2.38. The van der Waals surface area contributed by atoms with Gasteiger partial charge in [0.1, 0.15) is 5.00 Å². The number of pyridine rings is 1. The Bertz CT molecular complexity index is 1070. The topological polar surface area (TPSA) is 68.3 Å². The molecule has 2 heterocycles. The van der Waals surface area contributed by atoms with E-state index >= 15 is 0 Å². The third-order valence-corrected chi connectivity index (χ3v) is 6.93. The standard InChI is InChI=1S/C21H20N2O3S2/c1-12-10-18(22-15-8-4-3-6-13(12)15)27-11-17(24)23-20-19(21(25)26-2)14-7-5-9-16(14)28-20/h3-4,6,8,10H,5,7,9,11H2,1-2H3,(H,23,24). The summed E-state index contributed by atoms with van der Waals surface area (Å²) in [4.78, 5) is 30.5. The number of aryl methyl sites for hydroxylation is 2. The number of anilines is 1. The van der Waals surface area contributed by atoms with Crippen LogP contribution in [0.4, 0.5) is 5.00 Å². The summed E-state index contributed by atoms with van der Waals surface area (Å²) in [5, 5.41) is 5.44. The summed E-state index contributed by atoms with van der Waals surface area (Å²) in [6.07, 6.45) is 2.86. The summed E-state index contributed by atoms with van der Waals surface area (Å²) >= 11 is 2.88. The second-order valence-electron chi connectivity index (χ2n) is 6.68. The number of thioether (sulfide) groups is 1. The molecule has 144 valence electrons. The minimum Gasteiger partial charge on any atom is -0.465 e. The second kappa shape index (κ2) is 7.93. The van der Waals surface area contributed by atoms with Gasteiger partial charge in [0.2, 0.25) is 5.91 Å². The lowest BCUT2D eigenvalue weighted by atomic mass is 10.1. The lowest BCUT2D eigenvalue weighted by Gasteiger charge is -2.08. The van der Waals surface area contributed by atoms with Crippen LogP contribution in [-0.2, 0) is 22.4 Å². The smallest absolute Gasteiger partial charge is 0.341 e. The van der Waals surface area contributed by atoms with Crippen LogP contribution in [-0.4, -0.2) is 29.7 Å². The predicted molar refractivity (Wildman–Crippen MR) is 114 cm³/mol. The molecule has 7 heteroatoms. The minimum absolute atomic E-state index is 0.150. The zero-order valence-electron chi connectivity index (χ0n) is 15.7. The number of amides is 1. The van der Waals surface area contributed by atoms with E-state index in [1.807, 2.05) is 37.3 Å². The number of methoxy groups -OCH3 is 1. The maximum atomic E-state index is 12.5. The molecule has 0 spiro atoms. The van der Waals surface area contributed by atoms with E-state index in [0.717, 1.165) is 46.3 Å². The van der Waals surface area contributed by atoms with Gasteiger partial charge in [-0.25, -0.2) is 9.78 Å². The molecule has 1 aromatic carbocycles. The SMILES string of the molecule is COC(=O)c1c(NC(=O)CSc2cc(C)c3ccccc3n2)sc2c1CCC2. The van der Waals surface area contributed by atoms with Crippen LogP contribution in [0.2, 0.25) is 0 Å². The first kappa shape index (κ1) is 19.0. The van der Waals surface area contributed by atoms with Crippen molar-refractivity contribution in [3.8, 4) is 0 Å². The Morgan fingerprint density at radius 1 is 1.29 bits per heavy atom. The lowest BCUT2D eigenvalue weighted by molar-refractivity contribution is -0.113. The van der Waals surface area contributed by atoms with Gasteiger partial charge in [-0.2, -0.15) is 0 Å². The van der Waals surface area contributed by atoms with Gasteiger partial charge in [-0.15, -0.1) is 11.3 Å². The van der Waals surface area contributed by atoms with E-state index in [2.05, 4.69) is 10.3 Å². The molecule has 0 bridgehead atoms. The maximum Gasteiger partial charge on any atom is 0.341 e. The summed E-state index contributed by atoms with van der Waals surface area (Å²) < 4.78 is 4.93. The van der Waals surface area contributed by atoms with Crippen molar-refractivity contribution in [1.29, 1.82) is 0 Å². The number of hydrogen-bond donors (Lipinski definition) is 1. The van der Waals surface area contributed by atoms with Gasteiger partial charge in [-0.05, 0) is 49.4 Å². The first-order valence-electron chi connectivity index (χ1n) is 9.08. The largest absolute Gasteiger partial charge is 0.465 e. The van der Waals surface area contributed by atoms with Crippen LogP contribution in [0, 0.1) is 6.92 Å². The summed E-state index contributed by atoms with van der Waals surface area (Å²) in [7, 11) is 1.37. The van der Waals surface area contributed by atoms with E-state index in [4.69, 9.17) is 4.74 Å². The Balaban J connectivity index is 1.48. The number of nitrogens with zero attached hydrogens (tertiary/aromatic N) is 1. The summed E-state index contributed by atoms with van der Waals surface area (Å²) in [6, 6.07) is 9.97. The number of carbonyl (C=O) groups is 2. The molecule has 5 nitrogen and oxygen atoms in total. The molecule has 0 fully saturated rings. The molecule has 2 aromatic heterocycles. The molecule has 1 aliphatic rings. The fourth-order valence-electron chi connectivity index (χ4n) is 3.51. The molecule has 0 saturated carbocycles. The third kappa shape index (κ3) is 3.64. The Morgan fingerprint density at radius 2 is 2.11 bits per heavy atom. The normalized spacial score (nSPS) is 12.8. The first-order chi connectivity index (χ1) is 13.6. The van der Waals surface area contributed by atoms with Gasteiger partial charge in [-0.1, -0.05) is 30.0 Å². The van der Waals surface area contributed by atoms with Crippen molar-refractivity contribution in [1.82, 2.24) is 4.98 Å². The van der Waals surface area contributed by atoms with Gasteiger partial charge in [0.25, 0.3) is 0 Å². The molecule has 1 amide bonds. The van der Waals surface area contributed by atoms with Crippen molar-refractivity contribution in [2.24, 2.45) is 0 Å². The predicted octanol–water partition coefficient (Wildman–Crippen LogP) is 4.61. The number of ether oxygens (including phenoxy) is 1. The molecule has 3 aromatic rings. The average Bonchev–Trinajstić information content (AvgIpc) is 3.26. The van der Waals surface area contributed by atoms with Crippen molar-refractivity contribution in [2.75, 3.05) is 18.2 Å². The Morgan fingerprint density at radius 3 is 2.93 bits per heavy atom. The van der Waals surface area contributed by atoms with Crippen molar-refractivity contribution in [2.45, 2.75) is 31.2 Å². The minimum atomic E-state index is -0.380. The molecule has 0 saturated heterocycles. The summed E-state index contributed by atoms with van der Waals surface area (Å²) in [5.41, 5.74) is 3.62. The molecule has 0 aliphatic heterocycles. The molecular weight excluding hydrogens is 392 g/mol. The van der Waals surface area contributed by atoms with Crippen LogP contribution in [0.3, 0.4) is 0 Å². The number of nitrogens with one attached hydrogen (secondary N) is 1. The maximum absolute atomic E-state index is 12.5. The van der Waals surface area contributed by atoms with Crippen molar-refractivity contribution < 1.29 is 14.3 Å². The number of para-hydroxylation sites is 1. The summed E-state index contributed by atoms with van der Waals surface area (Å²) in [6.45, 7) is 2.05. The highest BCUT2D eigenvalue weighted by molar-refractivity contribution is 7.99.